The molecule has 0 spiro atoms. The van der Waals surface area contributed by atoms with Gasteiger partial charge in [-0.1, -0.05) is 6.07 Å². The van der Waals surface area contributed by atoms with Crippen LogP contribution in [0.15, 0.2) is 12.1 Å². The van der Waals surface area contributed by atoms with Crippen LogP contribution in [0.2, 0.25) is 0 Å². The van der Waals surface area contributed by atoms with E-state index in [2.05, 4.69) is 5.32 Å². The lowest BCUT2D eigenvalue weighted by Crippen LogP contribution is -2.43. The Hall–Kier alpha value is -1.39. The molecule has 1 N–H and O–H groups in total. The third-order valence-electron chi connectivity index (χ3n) is 3.37. The van der Waals surface area contributed by atoms with Crippen LogP contribution in [0.4, 0.5) is 0 Å². The van der Waals surface area contributed by atoms with Gasteiger partial charge in [0.25, 0.3) is 0 Å². The second-order valence-electron chi connectivity index (χ2n) is 4.52. The highest BCUT2D eigenvalue weighted by molar-refractivity contribution is 6.02. The van der Waals surface area contributed by atoms with E-state index in [1.807, 2.05) is 26.0 Å². The zero-order chi connectivity index (χ0) is 13.1. The minimum absolute atomic E-state index is 0.0119. The molecule has 18 heavy (non-hydrogen) atoms. The third kappa shape index (κ3) is 2.40. The number of rotatable bonds is 3. The molecule has 98 valence electrons. The molecule has 1 aliphatic heterocycles. The first-order valence-electron chi connectivity index (χ1n) is 6.16. The summed E-state index contributed by atoms with van der Waals surface area (Å²) < 4.78 is 10.9. The van der Waals surface area contributed by atoms with Crippen molar-refractivity contribution in [2.75, 3.05) is 26.8 Å². The molecular formula is C14H19NO3. The standard InChI is InChI=1S/C14H19NO3/c1-9-4-5-11(14(17-3)10(9)2)13(16)12-8-15-6-7-18-12/h4-5,12,15H,6-8H2,1-3H3. The second kappa shape index (κ2) is 5.50. The first-order valence-corrected chi connectivity index (χ1v) is 6.16. The van der Waals surface area contributed by atoms with Gasteiger partial charge in [-0.25, -0.2) is 0 Å². The molecule has 1 aromatic carbocycles. The molecular weight excluding hydrogens is 230 g/mol. The highest BCUT2D eigenvalue weighted by Crippen LogP contribution is 2.27. The summed E-state index contributed by atoms with van der Waals surface area (Å²) in [7, 11) is 1.60. The summed E-state index contributed by atoms with van der Waals surface area (Å²) in [6, 6.07) is 3.77. The van der Waals surface area contributed by atoms with Crippen LogP contribution in [0.3, 0.4) is 0 Å². The Morgan fingerprint density at radius 3 is 2.83 bits per heavy atom. The lowest BCUT2D eigenvalue weighted by atomic mass is 9.98. The van der Waals surface area contributed by atoms with Gasteiger partial charge in [0.2, 0.25) is 0 Å². The number of ether oxygens (including phenoxy) is 2. The van der Waals surface area contributed by atoms with Crippen molar-refractivity contribution in [1.82, 2.24) is 5.32 Å². The fourth-order valence-corrected chi connectivity index (χ4v) is 2.15. The van der Waals surface area contributed by atoms with Gasteiger partial charge in [-0.3, -0.25) is 4.79 Å². The Morgan fingerprint density at radius 1 is 1.44 bits per heavy atom. The molecule has 1 aliphatic rings. The lowest BCUT2D eigenvalue weighted by Gasteiger charge is -2.23. The Labute approximate surface area is 107 Å². The molecule has 0 saturated carbocycles. The molecule has 0 radical (unpaired) electrons. The monoisotopic (exact) mass is 249 g/mol. The summed E-state index contributed by atoms with van der Waals surface area (Å²) in [6.07, 6.45) is -0.408. The van der Waals surface area contributed by atoms with Crippen LogP contribution in [0, 0.1) is 13.8 Å². The minimum Gasteiger partial charge on any atom is -0.496 e. The summed E-state index contributed by atoms with van der Waals surface area (Å²) in [5, 5.41) is 3.16. The number of morpholine rings is 1. The van der Waals surface area contributed by atoms with Crippen molar-refractivity contribution in [2.45, 2.75) is 20.0 Å². The van der Waals surface area contributed by atoms with E-state index in [-0.39, 0.29) is 5.78 Å². The molecule has 2 rings (SSSR count). The van der Waals surface area contributed by atoms with Crippen molar-refractivity contribution in [3.63, 3.8) is 0 Å². The topological polar surface area (TPSA) is 47.6 Å². The van der Waals surface area contributed by atoms with Crippen molar-refractivity contribution in [3.05, 3.63) is 28.8 Å². The van der Waals surface area contributed by atoms with E-state index >= 15 is 0 Å². The maximum absolute atomic E-state index is 12.4. The predicted molar refractivity (Wildman–Crippen MR) is 69.4 cm³/mol. The SMILES string of the molecule is COc1c(C(=O)C2CNCCO2)ccc(C)c1C. The molecule has 4 heteroatoms. The highest BCUT2D eigenvalue weighted by Gasteiger charge is 2.26. The van der Waals surface area contributed by atoms with E-state index in [0.29, 0.717) is 24.5 Å². The van der Waals surface area contributed by atoms with Crippen LogP contribution in [0.25, 0.3) is 0 Å². The molecule has 0 bridgehead atoms. The van der Waals surface area contributed by atoms with E-state index in [1.54, 1.807) is 7.11 Å². The number of hydrogen-bond acceptors (Lipinski definition) is 4. The number of carbonyl (C=O) groups is 1. The number of hydrogen-bond donors (Lipinski definition) is 1. The van der Waals surface area contributed by atoms with Gasteiger partial charge in [0, 0.05) is 13.1 Å². The van der Waals surface area contributed by atoms with E-state index in [0.717, 1.165) is 17.7 Å². The Morgan fingerprint density at radius 2 is 2.22 bits per heavy atom. The molecule has 0 aromatic heterocycles. The van der Waals surface area contributed by atoms with Crippen molar-refractivity contribution < 1.29 is 14.3 Å². The number of ketones is 1. The predicted octanol–water partition coefficient (Wildman–Crippen LogP) is 1.48. The van der Waals surface area contributed by atoms with Gasteiger partial charge in [-0.05, 0) is 31.0 Å². The summed E-state index contributed by atoms with van der Waals surface area (Å²) >= 11 is 0. The van der Waals surface area contributed by atoms with Crippen LogP contribution in [0.1, 0.15) is 21.5 Å². The zero-order valence-corrected chi connectivity index (χ0v) is 11.1. The molecule has 1 fully saturated rings. The molecule has 1 aromatic rings. The largest absolute Gasteiger partial charge is 0.496 e. The van der Waals surface area contributed by atoms with Gasteiger partial charge in [-0.15, -0.1) is 0 Å². The molecule has 4 nitrogen and oxygen atoms in total. The fourth-order valence-electron chi connectivity index (χ4n) is 2.15. The Bertz CT molecular complexity index is 451. The van der Waals surface area contributed by atoms with Gasteiger partial charge in [-0.2, -0.15) is 0 Å². The molecule has 0 amide bonds. The van der Waals surface area contributed by atoms with Crippen LogP contribution in [-0.4, -0.2) is 38.7 Å². The highest BCUT2D eigenvalue weighted by atomic mass is 16.5. The summed E-state index contributed by atoms with van der Waals surface area (Å²) in [6.45, 7) is 5.90. The molecule has 1 saturated heterocycles. The second-order valence-corrected chi connectivity index (χ2v) is 4.52. The van der Waals surface area contributed by atoms with Crippen LogP contribution < -0.4 is 10.1 Å². The lowest BCUT2D eigenvalue weighted by molar-refractivity contribution is 0.0267. The van der Waals surface area contributed by atoms with E-state index in [1.165, 1.54) is 0 Å². The third-order valence-corrected chi connectivity index (χ3v) is 3.37. The van der Waals surface area contributed by atoms with E-state index in [9.17, 15) is 4.79 Å². The van der Waals surface area contributed by atoms with Crippen molar-refractivity contribution in [3.8, 4) is 5.75 Å². The van der Waals surface area contributed by atoms with Gasteiger partial charge in [0.05, 0.1) is 19.3 Å². The van der Waals surface area contributed by atoms with Crippen molar-refractivity contribution in [1.29, 1.82) is 0 Å². The molecule has 0 aliphatic carbocycles. The first-order chi connectivity index (χ1) is 8.65. The maximum Gasteiger partial charge on any atom is 0.196 e. The summed E-state index contributed by atoms with van der Waals surface area (Å²) in [5.74, 6) is 0.649. The zero-order valence-electron chi connectivity index (χ0n) is 11.1. The number of aryl methyl sites for hydroxylation is 1. The quantitative estimate of drug-likeness (QED) is 0.824. The molecule has 1 atom stereocenters. The average molecular weight is 249 g/mol. The fraction of sp³-hybridized carbons (Fsp3) is 0.500. The maximum atomic E-state index is 12.4. The average Bonchev–Trinajstić information content (AvgIpc) is 2.42. The van der Waals surface area contributed by atoms with Crippen LogP contribution >= 0.6 is 0 Å². The van der Waals surface area contributed by atoms with Gasteiger partial charge in [0.15, 0.2) is 5.78 Å². The number of carbonyl (C=O) groups excluding carboxylic acids is 1. The smallest absolute Gasteiger partial charge is 0.196 e. The summed E-state index contributed by atoms with van der Waals surface area (Å²) in [5.41, 5.74) is 2.73. The van der Waals surface area contributed by atoms with Crippen molar-refractivity contribution >= 4 is 5.78 Å². The van der Waals surface area contributed by atoms with Gasteiger partial charge >= 0.3 is 0 Å². The number of nitrogens with one attached hydrogen (secondary N) is 1. The Kier molecular flexibility index (Phi) is 3.99. The number of methoxy groups -OCH3 is 1. The molecule has 1 heterocycles. The summed E-state index contributed by atoms with van der Waals surface area (Å²) in [4.78, 5) is 12.4. The van der Waals surface area contributed by atoms with Gasteiger partial charge < -0.3 is 14.8 Å². The minimum atomic E-state index is -0.408. The Balaban J connectivity index is 2.32. The van der Waals surface area contributed by atoms with Crippen LogP contribution in [-0.2, 0) is 4.74 Å². The molecule has 1 unspecified atom stereocenters. The first kappa shape index (κ1) is 13.1. The van der Waals surface area contributed by atoms with E-state index < -0.39 is 6.10 Å². The van der Waals surface area contributed by atoms with Crippen molar-refractivity contribution in [2.24, 2.45) is 0 Å². The van der Waals surface area contributed by atoms with E-state index in [4.69, 9.17) is 9.47 Å². The number of benzene rings is 1. The van der Waals surface area contributed by atoms with Crippen LogP contribution in [0.5, 0.6) is 5.75 Å². The van der Waals surface area contributed by atoms with Gasteiger partial charge in [0.1, 0.15) is 11.9 Å². The normalized spacial score (nSPS) is 19.6. The number of Topliss-reactive ketones (excluding diaryl/α,β-unsaturated/α-hetero) is 1.